The van der Waals surface area contributed by atoms with Crippen LogP contribution in [0.4, 0.5) is 14.5 Å². The Hall–Kier alpha value is -2.14. The minimum Gasteiger partial charge on any atom is -0.486 e. The molecule has 3 N–H and O–H groups in total. The van der Waals surface area contributed by atoms with Gasteiger partial charge in [0.25, 0.3) is 0 Å². The van der Waals surface area contributed by atoms with Gasteiger partial charge in [-0.2, -0.15) is 0 Å². The third kappa shape index (κ3) is 3.20. The second-order valence-electron chi connectivity index (χ2n) is 4.07. The molecule has 0 aromatic heterocycles. The van der Waals surface area contributed by atoms with Gasteiger partial charge in [0.2, 0.25) is 0 Å². The zero-order chi connectivity index (χ0) is 13.8. The summed E-state index contributed by atoms with van der Waals surface area (Å²) in [5, 5.41) is 8.89. The molecular formula is C14H13F2NO2. The third-order valence-corrected chi connectivity index (χ3v) is 2.65. The first-order valence-electron chi connectivity index (χ1n) is 5.66. The van der Waals surface area contributed by atoms with Crippen molar-refractivity contribution in [1.82, 2.24) is 0 Å². The molecule has 3 nitrogen and oxygen atoms in total. The molecule has 0 heterocycles. The molecule has 0 aliphatic heterocycles. The lowest BCUT2D eigenvalue weighted by Gasteiger charge is -2.09. The average Bonchev–Trinajstić information content (AvgIpc) is 2.42. The highest BCUT2D eigenvalue weighted by Crippen LogP contribution is 2.23. The Balaban J connectivity index is 2.07. The van der Waals surface area contributed by atoms with Gasteiger partial charge in [0.05, 0.1) is 12.3 Å². The predicted molar refractivity (Wildman–Crippen MR) is 67.5 cm³/mol. The van der Waals surface area contributed by atoms with E-state index in [0.29, 0.717) is 0 Å². The van der Waals surface area contributed by atoms with Gasteiger partial charge in [-0.05, 0) is 11.1 Å². The summed E-state index contributed by atoms with van der Waals surface area (Å²) in [5.41, 5.74) is 6.54. The average molecular weight is 265 g/mol. The number of anilines is 1. The van der Waals surface area contributed by atoms with Gasteiger partial charge in [-0.3, -0.25) is 0 Å². The van der Waals surface area contributed by atoms with E-state index in [1.807, 2.05) is 0 Å². The first kappa shape index (κ1) is 13.3. The van der Waals surface area contributed by atoms with Crippen molar-refractivity contribution in [2.45, 2.75) is 13.2 Å². The molecule has 0 unspecified atom stereocenters. The van der Waals surface area contributed by atoms with Crippen LogP contribution in [0.2, 0.25) is 0 Å². The number of benzene rings is 2. The Labute approximate surface area is 109 Å². The van der Waals surface area contributed by atoms with Crippen molar-refractivity contribution in [2.24, 2.45) is 0 Å². The maximum Gasteiger partial charge on any atom is 0.167 e. The van der Waals surface area contributed by atoms with Crippen molar-refractivity contribution < 1.29 is 18.6 Å². The zero-order valence-electron chi connectivity index (χ0n) is 10.1. The first-order chi connectivity index (χ1) is 9.10. The highest BCUT2D eigenvalue weighted by atomic mass is 19.1. The Morgan fingerprint density at radius 1 is 1.00 bits per heavy atom. The van der Waals surface area contributed by atoms with Gasteiger partial charge >= 0.3 is 0 Å². The molecule has 0 amide bonds. The quantitative estimate of drug-likeness (QED) is 0.835. The fourth-order valence-corrected chi connectivity index (χ4v) is 1.56. The van der Waals surface area contributed by atoms with Crippen LogP contribution >= 0.6 is 0 Å². The van der Waals surface area contributed by atoms with Gasteiger partial charge in [-0.25, -0.2) is 8.78 Å². The fraction of sp³-hybridized carbons (Fsp3) is 0.143. The smallest absolute Gasteiger partial charge is 0.167 e. The van der Waals surface area contributed by atoms with E-state index in [2.05, 4.69) is 0 Å². The molecule has 0 atom stereocenters. The number of nitrogen functional groups attached to an aromatic ring is 1. The number of rotatable bonds is 4. The molecule has 0 spiro atoms. The lowest BCUT2D eigenvalue weighted by molar-refractivity contribution is 0.280. The summed E-state index contributed by atoms with van der Waals surface area (Å²) >= 11 is 0. The van der Waals surface area contributed by atoms with E-state index in [1.165, 1.54) is 0 Å². The van der Waals surface area contributed by atoms with Crippen molar-refractivity contribution >= 4 is 5.69 Å². The molecule has 0 saturated carbocycles. The van der Waals surface area contributed by atoms with E-state index in [-0.39, 0.29) is 24.7 Å². The molecule has 2 aromatic rings. The predicted octanol–water partition coefficient (Wildman–Crippen LogP) is 2.62. The molecule has 0 radical (unpaired) electrons. The molecule has 0 fully saturated rings. The fourth-order valence-electron chi connectivity index (χ4n) is 1.56. The number of hydrogen-bond acceptors (Lipinski definition) is 3. The third-order valence-electron chi connectivity index (χ3n) is 2.65. The lowest BCUT2D eigenvalue weighted by Crippen LogP contribution is -2.00. The van der Waals surface area contributed by atoms with Gasteiger partial charge in [-0.1, -0.05) is 24.3 Å². The SMILES string of the molecule is Nc1cc(F)c(OCc2ccc(CO)cc2)cc1F. The second kappa shape index (κ2) is 5.67. The van der Waals surface area contributed by atoms with Gasteiger partial charge in [0.15, 0.2) is 11.6 Å². The highest BCUT2D eigenvalue weighted by molar-refractivity contribution is 5.44. The summed E-state index contributed by atoms with van der Waals surface area (Å²) in [7, 11) is 0. The van der Waals surface area contributed by atoms with Crippen LogP contribution in [-0.4, -0.2) is 5.11 Å². The zero-order valence-corrected chi connectivity index (χ0v) is 10.1. The van der Waals surface area contributed by atoms with Gasteiger partial charge in [0.1, 0.15) is 12.4 Å². The number of hydrogen-bond donors (Lipinski definition) is 2. The van der Waals surface area contributed by atoms with Crippen molar-refractivity contribution in [3.05, 3.63) is 59.2 Å². The van der Waals surface area contributed by atoms with Crippen LogP contribution in [0.1, 0.15) is 11.1 Å². The minimum atomic E-state index is -0.716. The largest absolute Gasteiger partial charge is 0.486 e. The van der Waals surface area contributed by atoms with E-state index in [0.717, 1.165) is 23.3 Å². The summed E-state index contributed by atoms with van der Waals surface area (Å²) < 4.78 is 31.8. The maximum atomic E-state index is 13.4. The normalized spacial score (nSPS) is 10.5. The molecule has 0 bridgehead atoms. The Bertz CT molecular complexity index is 570. The summed E-state index contributed by atoms with van der Waals surface area (Å²) in [6.45, 7) is 0.0604. The molecule has 0 aliphatic carbocycles. The monoisotopic (exact) mass is 265 g/mol. The molecule has 0 aliphatic rings. The van der Waals surface area contributed by atoms with E-state index >= 15 is 0 Å². The molecular weight excluding hydrogens is 252 g/mol. The van der Waals surface area contributed by atoms with E-state index < -0.39 is 11.6 Å². The van der Waals surface area contributed by atoms with Crippen LogP contribution in [0.5, 0.6) is 5.75 Å². The van der Waals surface area contributed by atoms with Crippen LogP contribution < -0.4 is 10.5 Å². The van der Waals surface area contributed by atoms with Crippen LogP contribution in [0, 0.1) is 11.6 Å². The number of aliphatic hydroxyl groups excluding tert-OH is 1. The molecule has 100 valence electrons. The number of nitrogens with two attached hydrogens (primary N) is 1. The van der Waals surface area contributed by atoms with Crippen molar-refractivity contribution in [3.63, 3.8) is 0 Å². The van der Waals surface area contributed by atoms with Crippen LogP contribution in [0.15, 0.2) is 36.4 Å². The van der Waals surface area contributed by atoms with Crippen molar-refractivity contribution in [3.8, 4) is 5.75 Å². The van der Waals surface area contributed by atoms with E-state index in [9.17, 15) is 8.78 Å². The highest BCUT2D eigenvalue weighted by Gasteiger charge is 2.09. The number of ether oxygens (including phenoxy) is 1. The summed E-state index contributed by atoms with van der Waals surface area (Å²) in [6, 6.07) is 8.78. The first-order valence-corrected chi connectivity index (χ1v) is 5.66. The minimum absolute atomic E-state index is 0.0427. The standard InChI is InChI=1S/C14H13F2NO2/c15-11-6-14(12(16)5-13(11)17)19-8-10-3-1-9(7-18)2-4-10/h1-6,18H,7-8,17H2. The molecule has 2 rings (SSSR count). The molecule has 19 heavy (non-hydrogen) atoms. The van der Waals surface area contributed by atoms with Crippen molar-refractivity contribution in [2.75, 3.05) is 5.73 Å². The number of halogens is 2. The van der Waals surface area contributed by atoms with Gasteiger partial charge in [-0.15, -0.1) is 0 Å². The second-order valence-corrected chi connectivity index (χ2v) is 4.07. The van der Waals surface area contributed by atoms with Gasteiger partial charge < -0.3 is 15.6 Å². The van der Waals surface area contributed by atoms with Crippen molar-refractivity contribution in [1.29, 1.82) is 0 Å². The Kier molecular flexibility index (Phi) is 3.97. The van der Waals surface area contributed by atoms with E-state index in [1.54, 1.807) is 24.3 Å². The van der Waals surface area contributed by atoms with E-state index in [4.69, 9.17) is 15.6 Å². The summed E-state index contributed by atoms with van der Waals surface area (Å²) in [5.74, 6) is -1.60. The summed E-state index contributed by atoms with van der Waals surface area (Å²) in [4.78, 5) is 0. The topological polar surface area (TPSA) is 55.5 Å². The molecule has 2 aromatic carbocycles. The van der Waals surface area contributed by atoms with Gasteiger partial charge in [0, 0.05) is 12.1 Å². The Morgan fingerprint density at radius 2 is 1.63 bits per heavy atom. The molecule has 5 heteroatoms. The lowest BCUT2D eigenvalue weighted by atomic mass is 10.1. The van der Waals surface area contributed by atoms with Crippen LogP contribution in [0.3, 0.4) is 0 Å². The maximum absolute atomic E-state index is 13.4. The molecule has 0 saturated heterocycles. The van der Waals surface area contributed by atoms with Crippen LogP contribution in [-0.2, 0) is 13.2 Å². The summed E-state index contributed by atoms with van der Waals surface area (Å²) in [6.07, 6.45) is 0. The Morgan fingerprint density at radius 3 is 2.26 bits per heavy atom. The number of aliphatic hydroxyl groups is 1. The van der Waals surface area contributed by atoms with Crippen LogP contribution in [0.25, 0.3) is 0 Å².